The SMILES string of the molecule is CCC1CCCC1NCCC(F)(F)F. The van der Waals surface area contributed by atoms with Gasteiger partial charge in [-0.2, -0.15) is 13.2 Å². The van der Waals surface area contributed by atoms with Crippen LogP contribution in [0.15, 0.2) is 0 Å². The zero-order chi connectivity index (χ0) is 10.6. The Morgan fingerprint density at radius 1 is 1.29 bits per heavy atom. The summed E-state index contributed by atoms with van der Waals surface area (Å²) in [6, 6.07) is 0.322. The molecule has 4 heteroatoms. The van der Waals surface area contributed by atoms with Gasteiger partial charge >= 0.3 is 6.18 Å². The van der Waals surface area contributed by atoms with Crippen molar-refractivity contribution < 1.29 is 13.2 Å². The van der Waals surface area contributed by atoms with Crippen LogP contribution in [0.1, 0.15) is 39.0 Å². The molecule has 1 nitrogen and oxygen atoms in total. The van der Waals surface area contributed by atoms with Gasteiger partial charge in [0.25, 0.3) is 0 Å². The first kappa shape index (κ1) is 11.8. The van der Waals surface area contributed by atoms with E-state index in [0.717, 1.165) is 19.3 Å². The van der Waals surface area contributed by atoms with Crippen LogP contribution in [-0.4, -0.2) is 18.8 Å². The minimum atomic E-state index is -4.02. The molecule has 0 aromatic heterocycles. The lowest BCUT2D eigenvalue weighted by Crippen LogP contribution is -2.34. The minimum absolute atomic E-state index is 0.0741. The van der Waals surface area contributed by atoms with Crippen molar-refractivity contribution in [2.75, 3.05) is 6.54 Å². The molecule has 0 radical (unpaired) electrons. The van der Waals surface area contributed by atoms with E-state index in [0.29, 0.717) is 12.0 Å². The third-order valence-electron chi connectivity index (χ3n) is 3.00. The number of nitrogens with one attached hydrogen (secondary N) is 1. The van der Waals surface area contributed by atoms with Crippen LogP contribution in [0.2, 0.25) is 0 Å². The first-order chi connectivity index (χ1) is 6.53. The van der Waals surface area contributed by atoms with Gasteiger partial charge in [-0.05, 0) is 18.8 Å². The molecule has 0 aromatic rings. The Bertz CT molecular complexity index is 167. The molecule has 0 spiro atoms. The molecule has 2 unspecified atom stereocenters. The second-order valence-electron chi connectivity index (χ2n) is 4.03. The Morgan fingerprint density at radius 3 is 2.57 bits per heavy atom. The van der Waals surface area contributed by atoms with Crippen molar-refractivity contribution in [1.82, 2.24) is 5.32 Å². The van der Waals surface area contributed by atoms with Crippen LogP contribution in [0.5, 0.6) is 0 Å². The van der Waals surface area contributed by atoms with E-state index in [9.17, 15) is 13.2 Å². The first-order valence-electron chi connectivity index (χ1n) is 5.33. The standard InChI is InChI=1S/C10H18F3N/c1-2-8-4-3-5-9(8)14-7-6-10(11,12)13/h8-9,14H,2-7H2,1H3. The Hall–Kier alpha value is -0.250. The van der Waals surface area contributed by atoms with E-state index in [-0.39, 0.29) is 6.54 Å². The van der Waals surface area contributed by atoms with Crippen molar-refractivity contribution in [3.8, 4) is 0 Å². The molecule has 1 rings (SSSR count). The minimum Gasteiger partial charge on any atom is -0.313 e. The summed E-state index contributed by atoms with van der Waals surface area (Å²) in [5.74, 6) is 0.586. The van der Waals surface area contributed by atoms with Crippen molar-refractivity contribution >= 4 is 0 Å². The zero-order valence-corrected chi connectivity index (χ0v) is 8.53. The topological polar surface area (TPSA) is 12.0 Å². The highest BCUT2D eigenvalue weighted by atomic mass is 19.4. The molecule has 0 bridgehead atoms. The fourth-order valence-corrected chi connectivity index (χ4v) is 2.19. The predicted molar refractivity (Wildman–Crippen MR) is 50.1 cm³/mol. The van der Waals surface area contributed by atoms with Crippen molar-refractivity contribution in [2.24, 2.45) is 5.92 Å². The van der Waals surface area contributed by atoms with E-state index < -0.39 is 12.6 Å². The van der Waals surface area contributed by atoms with E-state index in [2.05, 4.69) is 12.2 Å². The van der Waals surface area contributed by atoms with Gasteiger partial charge in [0.2, 0.25) is 0 Å². The van der Waals surface area contributed by atoms with Crippen LogP contribution in [0.25, 0.3) is 0 Å². The summed E-state index contributed by atoms with van der Waals surface area (Å²) in [5.41, 5.74) is 0. The molecule has 14 heavy (non-hydrogen) atoms. The fourth-order valence-electron chi connectivity index (χ4n) is 2.19. The summed E-state index contributed by atoms with van der Waals surface area (Å²) >= 11 is 0. The van der Waals surface area contributed by atoms with Gasteiger partial charge in [-0.25, -0.2) is 0 Å². The predicted octanol–water partition coefficient (Wildman–Crippen LogP) is 3.11. The van der Waals surface area contributed by atoms with Gasteiger partial charge in [-0.15, -0.1) is 0 Å². The summed E-state index contributed by atoms with van der Waals surface area (Å²) < 4.78 is 35.6. The normalized spacial score (nSPS) is 28.3. The summed E-state index contributed by atoms with van der Waals surface area (Å²) in [7, 11) is 0. The lowest BCUT2D eigenvalue weighted by Gasteiger charge is -2.19. The maximum absolute atomic E-state index is 11.9. The van der Waals surface area contributed by atoms with Gasteiger partial charge in [0, 0.05) is 12.6 Å². The van der Waals surface area contributed by atoms with Crippen LogP contribution in [0.3, 0.4) is 0 Å². The van der Waals surface area contributed by atoms with E-state index in [1.807, 2.05) is 0 Å². The van der Waals surface area contributed by atoms with Crippen molar-refractivity contribution in [2.45, 2.75) is 51.2 Å². The maximum atomic E-state index is 11.9. The molecule has 1 saturated carbocycles. The highest BCUT2D eigenvalue weighted by molar-refractivity contribution is 4.82. The average Bonchev–Trinajstić information content (AvgIpc) is 2.49. The average molecular weight is 209 g/mol. The number of hydrogen-bond donors (Lipinski definition) is 1. The zero-order valence-electron chi connectivity index (χ0n) is 8.53. The lowest BCUT2D eigenvalue weighted by atomic mass is 10.0. The van der Waals surface area contributed by atoms with Gasteiger partial charge in [-0.1, -0.05) is 19.8 Å². The third kappa shape index (κ3) is 3.86. The summed E-state index contributed by atoms with van der Waals surface area (Å²) in [5, 5.41) is 3.02. The molecule has 0 aromatic carbocycles. The molecule has 0 aliphatic heterocycles. The monoisotopic (exact) mass is 209 g/mol. The maximum Gasteiger partial charge on any atom is 0.390 e. The highest BCUT2D eigenvalue weighted by Gasteiger charge is 2.29. The molecular formula is C10H18F3N. The smallest absolute Gasteiger partial charge is 0.313 e. The largest absolute Gasteiger partial charge is 0.390 e. The van der Waals surface area contributed by atoms with Crippen molar-refractivity contribution in [3.05, 3.63) is 0 Å². The molecule has 0 saturated heterocycles. The Labute approximate surface area is 83.1 Å². The third-order valence-corrected chi connectivity index (χ3v) is 3.00. The number of halogens is 3. The van der Waals surface area contributed by atoms with E-state index in [4.69, 9.17) is 0 Å². The number of rotatable bonds is 4. The Kier molecular flexibility index (Phi) is 4.23. The molecule has 1 N–H and O–H groups in total. The molecule has 1 aliphatic rings. The highest BCUT2D eigenvalue weighted by Crippen LogP contribution is 2.28. The number of alkyl halides is 3. The van der Waals surface area contributed by atoms with Crippen LogP contribution in [-0.2, 0) is 0 Å². The summed E-state index contributed by atoms with van der Waals surface area (Å²) in [6.45, 7) is 2.18. The van der Waals surface area contributed by atoms with Crippen LogP contribution >= 0.6 is 0 Å². The number of hydrogen-bond acceptors (Lipinski definition) is 1. The Morgan fingerprint density at radius 2 is 2.00 bits per heavy atom. The first-order valence-corrected chi connectivity index (χ1v) is 5.33. The van der Waals surface area contributed by atoms with E-state index in [1.54, 1.807) is 0 Å². The fraction of sp³-hybridized carbons (Fsp3) is 1.00. The van der Waals surface area contributed by atoms with Crippen molar-refractivity contribution in [1.29, 1.82) is 0 Å². The quantitative estimate of drug-likeness (QED) is 0.750. The summed E-state index contributed by atoms with van der Waals surface area (Å²) in [6.07, 6.45) is -0.296. The molecule has 84 valence electrons. The van der Waals surface area contributed by atoms with Crippen LogP contribution < -0.4 is 5.32 Å². The molecule has 2 atom stereocenters. The van der Waals surface area contributed by atoms with E-state index in [1.165, 1.54) is 6.42 Å². The second kappa shape index (κ2) is 5.01. The van der Waals surface area contributed by atoms with E-state index >= 15 is 0 Å². The van der Waals surface area contributed by atoms with Crippen molar-refractivity contribution in [3.63, 3.8) is 0 Å². The van der Waals surface area contributed by atoms with Gasteiger partial charge in [-0.3, -0.25) is 0 Å². The lowest BCUT2D eigenvalue weighted by molar-refractivity contribution is -0.133. The summed E-state index contributed by atoms with van der Waals surface area (Å²) in [4.78, 5) is 0. The van der Waals surface area contributed by atoms with Gasteiger partial charge in [0.05, 0.1) is 6.42 Å². The molecule has 1 fully saturated rings. The molecular weight excluding hydrogens is 191 g/mol. The molecule has 0 heterocycles. The molecule has 1 aliphatic carbocycles. The van der Waals surface area contributed by atoms with Gasteiger partial charge < -0.3 is 5.32 Å². The van der Waals surface area contributed by atoms with Gasteiger partial charge in [0.1, 0.15) is 0 Å². The Balaban J connectivity index is 2.18. The van der Waals surface area contributed by atoms with Crippen LogP contribution in [0, 0.1) is 5.92 Å². The molecule has 0 amide bonds. The van der Waals surface area contributed by atoms with Gasteiger partial charge in [0.15, 0.2) is 0 Å². The van der Waals surface area contributed by atoms with Crippen LogP contribution in [0.4, 0.5) is 13.2 Å². The second-order valence-corrected chi connectivity index (χ2v) is 4.03.